The van der Waals surface area contributed by atoms with Crippen molar-refractivity contribution >= 4 is 57.5 Å². The van der Waals surface area contributed by atoms with Crippen LogP contribution in [-0.4, -0.2) is 92.4 Å². The summed E-state index contributed by atoms with van der Waals surface area (Å²) in [6.07, 6.45) is 12.0. The van der Waals surface area contributed by atoms with Gasteiger partial charge in [-0.1, -0.05) is 40.0 Å². The number of likely N-dealkylation sites (tertiary alicyclic amines) is 1. The Kier molecular flexibility index (Phi) is 14.8. The average molecular weight is 883 g/mol. The molecule has 1 atom stereocenters. The van der Waals surface area contributed by atoms with Gasteiger partial charge in [-0.25, -0.2) is 22.9 Å². The maximum Gasteiger partial charge on any atom is 0.329 e. The van der Waals surface area contributed by atoms with Gasteiger partial charge in [0.1, 0.15) is 23.2 Å². The van der Waals surface area contributed by atoms with E-state index in [1.54, 1.807) is 36.0 Å². The van der Waals surface area contributed by atoms with Crippen molar-refractivity contribution in [2.24, 2.45) is 7.05 Å². The minimum Gasteiger partial charge on any atom is -0.453 e. The van der Waals surface area contributed by atoms with Crippen LogP contribution in [0.1, 0.15) is 95.7 Å². The first-order valence-electron chi connectivity index (χ1n) is 22.0. The van der Waals surface area contributed by atoms with Crippen molar-refractivity contribution in [3.8, 4) is 17.6 Å². The number of nitriles is 1. The number of ether oxygens (including phenoxy) is 2. The predicted molar refractivity (Wildman–Crippen MR) is 241 cm³/mol. The SMILES string of the molecule is CC.CCN(C)SNc1ccc(F)c(Oc2ccc3ncc(C4COC5(CCN(C6CCCCC6)CC5)C4)nc3c2)c1C#N.Cn1nc(N2CCC(=O)NC2=O)c2cc(F)ccc21. The fourth-order valence-electron chi connectivity index (χ4n) is 8.74. The third-order valence-electron chi connectivity index (χ3n) is 12.3. The molecule has 1 spiro atoms. The molecule has 0 bridgehead atoms. The number of hydrogen-bond donors (Lipinski definition) is 2. The summed E-state index contributed by atoms with van der Waals surface area (Å²) in [5.41, 5.74) is 3.57. The summed E-state index contributed by atoms with van der Waals surface area (Å²) in [5, 5.41) is 16.8. The van der Waals surface area contributed by atoms with Crippen molar-refractivity contribution in [2.75, 3.05) is 49.5 Å². The Labute approximate surface area is 371 Å². The molecule has 3 saturated heterocycles. The van der Waals surface area contributed by atoms with Gasteiger partial charge in [-0.05, 0) is 81.6 Å². The molecule has 4 fully saturated rings. The number of aromatic nitrogens is 4. The van der Waals surface area contributed by atoms with Gasteiger partial charge >= 0.3 is 6.03 Å². The molecule has 3 aromatic carbocycles. The van der Waals surface area contributed by atoms with Gasteiger partial charge in [-0.3, -0.25) is 24.7 Å². The molecule has 14 nitrogen and oxygen atoms in total. The van der Waals surface area contributed by atoms with Gasteiger partial charge in [0.2, 0.25) is 5.91 Å². The van der Waals surface area contributed by atoms with Crippen LogP contribution in [0.5, 0.6) is 11.5 Å². The number of piperidine rings is 1. The standard InChI is InChI=1S/C32H39FN6O2S.C12H11FN4O2.C2H6/c1-3-38(2)42-37-27-12-10-26(33)31(25(27)19-34)41-24-9-11-28-29(17-24)36-30(20-35-28)22-18-32(40-21-22)13-15-39(16-14-32)23-7-5-4-6-8-23;1-16-9-3-2-7(13)6-8(9)11(15-16)17-5-4-10(18)14-12(17)19;1-2/h9-12,17,20,22-23,37H,3-8,13-16,18,21H2,1-2H3;2-3,6H,4-5H2,1H3,(H,14,18,19);1-2H3. The first kappa shape index (κ1) is 45.6. The molecule has 3 amide bonds. The maximum atomic E-state index is 14.9. The summed E-state index contributed by atoms with van der Waals surface area (Å²) >= 11 is 1.33. The van der Waals surface area contributed by atoms with E-state index in [4.69, 9.17) is 14.5 Å². The van der Waals surface area contributed by atoms with Crippen LogP contribution in [0.25, 0.3) is 21.9 Å². The second kappa shape index (κ2) is 20.4. The summed E-state index contributed by atoms with van der Waals surface area (Å²) in [7, 11) is 3.64. The van der Waals surface area contributed by atoms with E-state index in [1.807, 2.05) is 44.4 Å². The molecule has 1 unspecified atom stereocenters. The number of nitrogens with zero attached hydrogens (tertiary/aromatic N) is 8. The van der Waals surface area contributed by atoms with E-state index in [-0.39, 0.29) is 41.7 Å². The summed E-state index contributed by atoms with van der Waals surface area (Å²) < 4.78 is 47.3. The van der Waals surface area contributed by atoms with E-state index in [2.05, 4.69) is 31.1 Å². The number of rotatable bonds is 9. The zero-order chi connectivity index (χ0) is 44.7. The molecule has 4 aliphatic rings. The first-order valence-corrected chi connectivity index (χ1v) is 22.7. The summed E-state index contributed by atoms with van der Waals surface area (Å²) in [6, 6.07) is 14.8. The predicted octanol–water partition coefficient (Wildman–Crippen LogP) is 9.22. The lowest BCUT2D eigenvalue weighted by molar-refractivity contribution is -0.120. The first-order chi connectivity index (χ1) is 30.5. The minimum absolute atomic E-state index is 0.0636. The van der Waals surface area contributed by atoms with E-state index in [1.165, 1.54) is 67.3 Å². The summed E-state index contributed by atoms with van der Waals surface area (Å²) in [5.74, 6) is -0.471. The highest BCUT2D eigenvalue weighted by atomic mass is 32.2. The largest absolute Gasteiger partial charge is 0.453 e. The molecule has 17 heteroatoms. The van der Waals surface area contributed by atoms with Gasteiger partial charge in [0.25, 0.3) is 0 Å². The smallest absolute Gasteiger partial charge is 0.329 e. The maximum absolute atomic E-state index is 14.9. The minimum atomic E-state index is -0.603. The second-order valence-corrected chi connectivity index (χ2v) is 17.2. The number of carbonyl (C=O) groups excluding carboxylic acids is 2. The van der Waals surface area contributed by atoms with Crippen molar-refractivity contribution in [2.45, 2.75) is 96.1 Å². The third kappa shape index (κ3) is 10.4. The van der Waals surface area contributed by atoms with Gasteiger partial charge in [-0.2, -0.15) is 10.4 Å². The lowest BCUT2D eigenvalue weighted by Gasteiger charge is -2.43. The Bertz CT molecular complexity index is 2470. The zero-order valence-electron chi connectivity index (χ0n) is 36.6. The Morgan fingerprint density at radius 1 is 1.05 bits per heavy atom. The number of halogens is 2. The van der Waals surface area contributed by atoms with Gasteiger partial charge in [0.05, 0.1) is 40.1 Å². The molecule has 0 radical (unpaired) electrons. The molecule has 9 rings (SSSR count). The van der Waals surface area contributed by atoms with Crippen LogP contribution in [0.2, 0.25) is 0 Å². The number of fused-ring (bicyclic) bond motifs is 2. The Balaban J connectivity index is 0.000000236. The van der Waals surface area contributed by atoms with E-state index in [0.717, 1.165) is 61.7 Å². The van der Waals surface area contributed by atoms with Crippen LogP contribution in [0.15, 0.2) is 54.7 Å². The second-order valence-electron chi connectivity index (χ2n) is 16.2. The molecular weight excluding hydrogens is 827 g/mol. The number of urea groups is 1. The summed E-state index contributed by atoms with van der Waals surface area (Å²) in [4.78, 5) is 36.6. The molecule has 334 valence electrons. The number of amides is 3. The molecule has 1 aliphatic carbocycles. The van der Waals surface area contributed by atoms with Gasteiger partial charge < -0.3 is 19.1 Å². The van der Waals surface area contributed by atoms with Crippen molar-refractivity contribution in [3.05, 3.63) is 77.6 Å². The fraction of sp³-hybridized carbons (Fsp3) is 0.478. The van der Waals surface area contributed by atoms with Crippen molar-refractivity contribution in [1.29, 1.82) is 5.26 Å². The van der Waals surface area contributed by atoms with Crippen molar-refractivity contribution < 1.29 is 27.8 Å². The number of benzene rings is 3. The van der Waals surface area contributed by atoms with Crippen molar-refractivity contribution in [1.82, 2.24) is 34.3 Å². The monoisotopic (exact) mass is 882 g/mol. The van der Waals surface area contributed by atoms with Crippen LogP contribution < -0.4 is 19.7 Å². The fourth-order valence-corrected chi connectivity index (χ4v) is 9.29. The molecule has 5 heterocycles. The number of imide groups is 1. The highest BCUT2D eigenvalue weighted by molar-refractivity contribution is 7.98. The van der Waals surface area contributed by atoms with Crippen LogP contribution >= 0.6 is 12.1 Å². The van der Waals surface area contributed by atoms with Crippen LogP contribution in [0, 0.1) is 23.0 Å². The summed E-state index contributed by atoms with van der Waals surface area (Å²) in [6.45, 7) is 9.96. The lowest BCUT2D eigenvalue weighted by atomic mass is 9.83. The van der Waals surface area contributed by atoms with Crippen LogP contribution in [-0.2, 0) is 16.6 Å². The number of nitrogens with one attached hydrogen (secondary N) is 2. The van der Waals surface area contributed by atoms with Gasteiger partial charge in [0, 0.05) is 81.4 Å². The molecule has 3 aliphatic heterocycles. The highest BCUT2D eigenvalue weighted by Crippen LogP contribution is 2.44. The molecule has 63 heavy (non-hydrogen) atoms. The van der Waals surface area contributed by atoms with E-state index >= 15 is 0 Å². The lowest BCUT2D eigenvalue weighted by Crippen LogP contribution is -2.49. The van der Waals surface area contributed by atoms with E-state index in [9.17, 15) is 23.6 Å². The van der Waals surface area contributed by atoms with Gasteiger partial charge in [-0.15, -0.1) is 0 Å². The number of anilines is 2. The topological polar surface area (TPSA) is 154 Å². The van der Waals surface area contributed by atoms with E-state index < -0.39 is 17.7 Å². The van der Waals surface area contributed by atoms with Crippen LogP contribution in [0.3, 0.4) is 0 Å². The Morgan fingerprint density at radius 2 is 1.83 bits per heavy atom. The number of aryl methyl sites for hydroxylation is 1. The molecule has 2 N–H and O–H groups in total. The van der Waals surface area contributed by atoms with Gasteiger partial charge in [0.15, 0.2) is 17.4 Å². The number of hydrogen-bond acceptors (Lipinski definition) is 12. The third-order valence-corrected chi connectivity index (χ3v) is 13.1. The average Bonchev–Trinajstić information content (AvgIpc) is 3.87. The molecule has 2 aromatic heterocycles. The normalized spacial score (nSPS) is 19.0. The van der Waals surface area contributed by atoms with E-state index in [0.29, 0.717) is 34.8 Å². The van der Waals surface area contributed by atoms with Crippen molar-refractivity contribution in [3.63, 3.8) is 0 Å². The zero-order valence-corrected chi connectivity index (χ0v) is 37.4. The van der Waals surface area contributed by atoms with Crippen LogP contribution in [0.4, 0.5) is 25.1 Å². The Morgan fingerprint density at radius 3 is 2.56 bits per heavy atom. The highest BCUT2D eigenvalue weighted by Gasteiger charge is 2.44. The molecule has 1 saturated carbocycles. The molecular formula is C46H56F2N10O4S. The number of carbonyl (C=O) groups is 2. The quantitative estimate of drug-likeness (QED) is 0.136. The Hall–Kier alpha value is -5.41. The molecule has 5 aromatic rings.